The number of sulfonamides is 1. The number of rotatable bonds is 3. The van der Waals surface area contributed by atoms with Gasteiger partial charge in [-0.05, 0) is 38.0 Å². The maximum Gasteiger partial charge on any atom is 0.240 e. The predicted octanol–water partition coefficient (Wildman–Crippen LogP) is 1.24. The summed E-state index contributed by atoms with van der Waals surface area (Å²) in [5.74, 6) is -0.548. The highest BCUT2D eigenvalue weighted by molar-refractivity contribution is 7.89. The van der Waals surface area contributed by atoms with Gasteiger partial charge in [-0.15, -0.1) is 0 Å². The standard InChI is InChI=1S/C12H17FN2O2S/c1-9-5-6-11(8-14-9)15-18(16,17)12-4-2-3-10(13)7-12/h2-4,7,9,11,14-15H,5-6,8H2,1H3. The van der Waals surface area contributed by atoms with E-state index in [0.29, 0.717) is 12.6 Å². The molecule has 0 aliphatic carbocycles. The number of piperidine rings is 1. The van der Waals surface area contributed by atoms with Gasteiger partial charge in [0, 0.05) is 18.6 Å². The molecule has 1 heterocycles. The number of hydrogen-bond acceptors (Lipinski definition) is 3. The Hall–Kier alpha value is -0.980. The number of halogens is 1. The molecule has 0 radical (unpaired) electrons. The summed E-state index contributed by atoms with van der Waals surface area (Å²) in [4.78, 5) is -0.0267. The van der Waals surface area contributed by atoms with Crippen molar-refractivity contribution in [2.24, 2.45) is 0 Å². The van der Waals surface area contributed by atoms with Crippen LogP contribution in [0.4, 0.5) is 4.39 Å². The van der Waals surface area contributed by atoms with Gasteiger partial charge in [0.1, 0.15) is 5.82 Å². The Labute approximate surface area is 107 Å². The molecule has 1 aliphatic heterocycles. The first-order valence-electron chi connectivity index (χ1n) is 5.98. The third kappa shape index (κ3) is 3.28. The van der Waals surface area contributed by atoms with Crippen molar-refractivity contribution in [2.45, 2.75) is 36.7 Å². The number of nitrogens with one attached hydrogen (secondary N) is 2. The summed E-state index contributed by atoms with van der Waals surface area (Å²) in [7, 11) is -3.63. The van der Waals surface area contributed by atoms with Crippen molar-refractivity contribution in [3.8, 4) is 0 Å². The van der Waals surface area contributed by atoms with Gasteiger partial charge in [-0.3, -0.25) is 0 Å². The number of hydrogen-bond donors (Lipinski definition) is 2. The van der Waals surface area contributed by atoms with Gasteiger partial charge < -0.3 is 5.32 Å². The van der Waals surface area contributed by atoms with E-state index in [0.717, 1.165) is 18.9 Å². The smallest absolute Gasteiger partial charge is 0.240 e. The first-order chi connectivity index (χ1) is 8.47. The zero-order valence-electron chi connectivity index (χ0n) is 10.2. The van der Waals surface area contributed by atoms with Gasteiger partial charge in [-0.2, -0.15) is 0 Å². The van der Waals surface area contributed by atoms with Crippen LogP contribution < -0.4 is 10.0 Å². The van der Waals surface area contributed by atoms with E-state index in [2.05, 4.69) is 17.0 Å². The van der Waals surface area contributed by atoms with Gasteiger partial charge in [0.2, 0.25) is 10.0 Å². The van der Waals surface area contributed by atoms with Crippen molar-refractivity contribution in [3.63, 3.8) is 0 Å². The predicted molar refractivity (Wildman–Crippen MR) is 67.2 cm³/mol. The van der Waals surface area contributed by atoms with Crippen LogP contribution in [-0.4, -0.2) is 27.0 Å². The van der Waals surface area contributed by atoms with Crippen LogP contribution in [0.2, 0.25) is 0 Å². The molecule has 2 unspecified atom stereocenters. The van der Waals surface area contributed by atoms with Crippen LogP contribution in [0.15, 0.2) is 29.2 Å². The second-order valence-electron chi connectivity index (χ2n) is 4.66. The molecule has 4 nitrogen and oxygen atoms in total. The van der Waals surface area contributed by atoms with E-state index in [1.165, 1.54) is 18.2 Å². The molecule has 2 atom stereocenters. The van der Waals surface area contributed by atoms with Crippen LogP contribution in [0.3, 0.4) is 0 Å². The molecule has 1 fully saturated rings. The monoisotopic (exact) mass is 272 g/mol. The highest BCUT2D eigenvalue weighted by Crippen LogP contribution is 2.14. The molecule has 1 aromatic carbocycles. The second-order valence-corrected chi connectivity index (χ2v) is 6.38. The molecule has 0 saturated carbocycles. The maximum absolute atomic E-state index is 13.0. The van der Waals surface area contributed by atoms with Gasteiger partial charge in [-0.1, -0.05) is 6.07 Å². The van der Waals surface area contributed by atoms with Crippen LogP contribution in [0.25, 0.3) is 0 Å². The maximum atomic E-state index is 13.0. The van der Waals surface area contributed by atoms with E-state index >= 15 is 0 Å². The van der Waals surface area contributed by atoms with Crippen molar-refractivity contribution >= 4 is 10.0 Å². The van der Waals surface area contributed by atoms with E-state index < -0.39 is 15.8 Å². The lowest BCUT2D eigenvalue weighted by molar-refractivity contribution is 0.366. The van der Waals surface area contributed by atoms with Crippen molar-refractivity contribution in [2.75, 3.05) is 6.54 Å². The minimum Gasteiger partial charge on any atom is -0.313 e. The lowest BCUT2D eigenvalue weighted by atomic mass is 10.0. The molecule has 100 valence electrons. The molecule has 18 heavy (non-hydrogen) atoms. The van der Waals surface area contributed by atoms with Crippen LogP contribution in [0.1, 0.15) is 19.8 Å². The molecule has 0 bridgehead atoms. The fourth-order valence-corrected chi connectivity index (χ4v) is 3.32. The largest absolute Gasteiger partial charge is 0.313 e. The van der Waals surface area contributed by atoms with Gasteiger partial charge in [-0.25, -0.2) is 17.5 Å². The van der Waals surface area contributed by atoms with Crippen LogP contribution >= 0.6 is 0 Å². The third-order valence-electron chi connectivity index (χ3n) is 3.09. The minimum atomic E-state index is -3.63. The average Bonchev–Trinajstić information content (AvgIpc) is 2.32. The molecule has 0 spiro atoms. The first kappa shape index (κ1) is 13.5. The molecule has 0 aromatic heterocycles. The molecule has 2 rings (SSSR count). The molecule has 6 heteroatoms. The van der Waals surface area contributed by atoms with Crippen LogP contribution in [-0.2, 0) is 10.0 Å². The van der Waals surface area contributed by atoms with Crippen molar-refractivity contribution in [3.05, 3.63) is 30.1 Å². The van der Waals surface area contributed by atoms with Gasteiger partial charge in [0.15, 0.2) is 0 Å². The van der Waals surface area contributed by atoms with Crippen molar-refractivity contribution in [1.82, 2.24) is 10.0 Å². The van der Waals surface area contributed by atoms with Crippen molar-refractivity contribution < 1.29 is 12.8 Å². The van der Waals surface area contributed by atoms with Crippen molar-refractivity contribution in [1.29, 1.82) is 0 Å². The summed E-state index contributed by atoms with van der Waals surface area (Å²) in [6, 6.07) is 5.33. The summed E-state index contributed by atoms with van der Waals surface area (Å²) in [5, 5.41) is 3.22. The number of benzene rings is 1. The Morgan fingerprint density at radius 1 is 1.39 bits per heavy atom. The summed E-state index contributed by atoms with van der Waals surface area (Å²) in [6.07, 6.45) is 1.72. The molecule has 0 amide bonds. The fraction of sp³-hybridized carbons (Fsp3) is 0.500. The third-order valence-corrected chi connectivity index (χ3v) is 4.61. The van der Waals surface area contributed by atoms with Crippen LogP contribution in [0.5, 0.6) is 0 Å². The highest BCUT2D eigenvalue weighted by atomic mass is 32.2. The second kappa shape index (κ2) is 5.34. The SMILES string of the molecule is CC1CCC(NS(=O)(=O)c2cccc(F)c2)CN1. The van der Waals surface area contributed by atoms with E-state index in [4.69, 9.17) is 0 Å². The zero-order valence-corrected chi connectivity index (χ0v) is 11.0. The van der Waals surface area contributed by atoms with E-state index in [1.807, 2.05) is 0 Å². The summed E-state index contributed by atoms with van der Waals surface area (Å²) >= 11 is 0. The summed E-state index contributed by atoms with van der Waals surface area (Å²) in [5.41, 5.74) is 0. The Bertz CT molecular complexity index is 511. The Kier molecular flexibility index (Phi) is 3.99. The van der Waals surface area contributed by atoms with Gasteiger partial charge >= 0.3 is 0 Å². The Morgan fingerprint density at radius 2 is 2.17 bits per heavy atom. The zero-order chi connectivity index (χ0) is 13.2. The van der Waals surface area contributed by atoms with E-state index in [1.54, 1.807) is 0 Å². The first-order valence-corrected chi connectivity index (χ1v) is 7.47. The molecular formula is C12H17FN2O2S. The fourth-order valence-electron chi connectivity index (χ4n) is 2.02. The topological polar surface area (TPSA) is 58.2 Å². The lowest BCUT2D eigenvalue weighted by Crippen LogP contribution is -2.48. The average molecular weight is 272 g/mol. The quantitative estimate of drug-likeness (QED) is 0.870. The normalized spacial score (nSPS) is 25.0. The molecule has 1 aliphatic rings. The highest BCUT2D eigenvalue weighted by Gasteiger charge is 2.23. The van der Waals surface area contributed by atoms with E-state index in [-0.39, 0.29) is 10.9 Å². The van der Waals surface area contributed by atoms with E-state index in [9.17, 15) is 12.8 Å². The molecule has 1 aromatic rings. The Balaban J connectivity index is 2.08. The lowest BCUT2D eigenvalue weighted by Gasteiger charge is -2.28. The molecular weight excluding hydrogens is 255 g/mol. The minimum absolute atomic E-state index is 0.0267. The summed E-state index contributed by atoms with van der Waals surface area (Å²) in [6.45, 7) is 2.67. The van der Waals surface area contributed by atoms with Crippen LogP contribution in [0, 0.1) is 5.82 Å². The van der Waals surface area contributed by atoms with Gasteiger partial charge in [0.25, 0.3) is 0 Å². The van der Waals surface area contributed by atoms with Gasteiger partial charge in [0.05, 0.1) is 4.90 Å². The summed E-state index contributed by atoms with van der Waals surface area (Å²) < 4.78 is 39.7. The Morgan fingerprint density at radius 3 is 2.78 bits per heavy atom. The molecule has 1 saturated heterocycles. The molecule has 2 N–H and O–H groups in total.